The molecule has 0 bridgehead atoms. The van der Waals surface area contributed by atoms with Crippen molar-refractivity contribution in [3.05, 3.63) is 29.3 Å². The zero-order valence-electron chi connectivity index (χ0n) is 10.5. The molecule has 0 aliphatic carbocycles. The van der Waals surface area contributed by atoms with Crippen LogP contribution in [0.1, 0.15) is 30.0 Å². The number of hydrogen-bond donors (Lipinski definition) is 1. The van der Waals surface area contributed by atoms with Gasteiger partial charge in [-0.25, -0.2) is 0 Å². The zero-order chi connectivity index (χ0) is 13.5. The highest BCUT2D eigenvalue weighted by Gasteiger charge is 2.43. The van der Waals surface area contributed by atoms with Crippen molar-refractivity contribution < 1.29 is 17.9 Å². The summed E-state index contributed by atoms with van der Waals surface area (Å²) in [6.45, 7) is 1.03. The van der Waals surface area contributed by atoms with E-state index in [1.165, 1.54) is 0 Å². The summed E-state index contributed by atoms with van der Waals surface area (Å²) in [6.07, 6.45) is -2.99. The molecule has 1 fully saturated rings. The van der Waals surface area contributed by atoms with Crippen LogP contribution in [-0.4, -0.2) is 19.3 Å². The van der Waals surface area contributed by atoms with Crippen molar-refractivity contribution in [1.82, 2.24) is 5.32 Å². The molecule has 1 N–H and O–H groups in total. The first kappa shape index (κ1) is 12.8. The number of rotatable bonds is 1. The standard InChI is InChI=1S/C14H16F3NO/c15-14(16,17)10-4-6-18-12(8-10)11-3-1-2-9-5-7-19-13(9)11/h1-3,10,12,18H,4-8H2. The van der Waals surface area contributed by atoms with E-state index in [4.69, 9.17) is 4.74 Å². The summed E-state index contributed by atoms with van der Waals surface area (Å²) in [6, 6.07) is 5.51. The fraction of sp³-hybridized carbons (Fsp3) is 0.571. The SMILES string of the molecule is FC(F)(F)C1CCNC(c2cccc3c2OCC3)C1. The first-order valence-corrected chi connectivity index (χ1v) is 6.60. The number of nitrogens with one attached hydrogen (secondary N) is 1. The number of halogens is 3. The summed E-state index contributed by atoms with van der Waals surface area (Å²) in [5.41, 5.74) is 1.98. The van der Waals surface area contributed by atoms with Gasteiger partial charge in [-0.2, -0.15) is 13.2 Å². The van der Waals surface area contributed by atoms with Crippen LogP contribution >= 0.6 is 0 Å². The topological polar surface area (TPSA) is 21.3 Å². The minimum Gasteiger partial charge on any atom is -0.493 e. The lowest BCUT2D eigenvalue weighted by Crippen LogP contribution is -2.38. The highest BCUT2D eigenvalue weighted by Crippen LogP contribution is 2.42. The summed E-state index contributed by atoms with van der Waals surface area (Å²) >= 11 is 0. The van der Waals surface area contributed by atoms with Crippen molar-refractivity contribution in [2.45, 2.75) is 31.5 Å². The Balaban J connectivity index is 1.85. The normalized spacial score (nSPS) is 26.9. The van der Waals surface area contributed by atoms with Crippen LogP contribution in [0.5, 0.6) is 5.75 Å². The highest BCUT2D eigenvalue weighted by atomic mass is 19.4. The van der Waals surface area contributed by atoms with Crippen LogP contribution in [0.2, 0.25) is 0 Å². The predicted molar refractivity (Wildman–Crippen MR) is 65.2 cm³/mol. The molecule has 0 spiro atoms. The molecule has 19 heavy (non-hydrogen) atoms. The molecule has 1 saturated heterocycles. The Morgan fingerprint density at radius 3 is 2.89 bits per heavy atom. The molecule has 1 aromatic carbocycles. The van der Waals surface area contributed by atoms with Gasteiger partial charge in [0.1, 0.15) is 5.75 Å². The Labute approximate surface area is 109 Å². The third-order valence-electron chi connectivity index (χ3n) is 3.99. The van der Waals surface area contributed by atoms with Gasteiger partial charge < -0.3 is 10.1 Å². The molecule has 0 radical (unpaired) electrons. The quantitative estimate of drug-likeness (QED) is 0.846. The van der Waals surface area contributed by atoms with Crippen molar-refractivity contribution in [1.29, 1.82) is 0 Å². The van der Waals surface area contributed by atoms with Crippen LogP contribution in [-0.2, 0) is 6.42 Å². The second-order valence-electron chi connectivity index (χ2n) is 5.20. The third kappa shape index (κ3) is 2.43. The van der Waals surface area contributed by atoms with Crippen molar-refractivity contribution in [3.63, 3.8) is 0 Å². The fourth-order valence-electron chi connectivity index (χ4n) is 2.97. The van der Waals surface area contributed by atoms with Crippen LogP contribution in [0.3, 0.4) is 0 Å². The molecule has 0 aromatic heterocycles. The molecule has 104 valence electrons. The lowest BCUT2D eigenvalue weighted by Gasteiger charge is -2.32. The predicted octanol–water partition coefficient (Wildman–Crippen LogP) is 3.22. The molecule has 2 atom stereocenters. The largest absolute Gasteiger partial charge is 0.493 e. The molecular formula is C14H16F3NO. The second-order valence-corrected chi connectivity index (χ2v) is 5.20. The van der Waals surface area contributed by atoms with Gasteiger partial charge in [-0.05, 0) is 24.9 Å². The maximum absolute atomic E-state index is 12.8. The molecule has 2 unspecified atom stereocenters. The zero-order valence-corrected chi connectivity index (χ0v) is 10.5. The first-order chi connectivity index (χ1) is 9.05. The van der Waals surface area contributed by atoms with Gasteiger partial charge in [0.05, 0.1) is 12.5 Å². The van der Waals surface area contributed by atoms with Gasteiger partial charge in [0, 0.05) is 18.0 Å². The van der Waals surface area contributed by atoms with Crippen molar-refractivity contribution >= 4 is 0 Å². The van der Waals surface area contributed by atoms with Crippen LogP contribution in [0.4, 0.5) is 13.2 Å². The maximum atomic E-state index is 12.8. The summed E-state index contributed by atoms with van der Waals surface area (Å²) < 4.78 is 44.1. The van der Waals surface area contributed by atoms with Crippen LogP contribution in [0.15, 0.2) is 18.2 Å². The molecule has 1 aromatic rings. The van der Waals surface area contributed by atoms with Crippen LogP contribution < -0.4 is 10.1 Å². The monoisotopic (exact) mass is 271 g/mol. The van der Waals surface area contributed by atoms with Crippen molar-refractivity contribution in [2.24, 2.45) is 5.92 Å². The lowest BCUT2D eigenvalue weighted by molar-refractivity contribution is -0.183. The minimum absolute atomic E-state index is 0.101. The van der Waals surface area contributed by atoms with Crippen LogP contribution in [0.25, 0.3) is 0 Å². The molecule has 0 saturated carbocycles. The molecule has 2 aliphatic heterocycles. The van der Waals surface area contributed by atoms with Gasteiger partial charge in [-0.3, -0.25) is 0 Å². The van der Waals surface area contributed by atoms with Crippen molar-refractivity contribution in [2.75, 3.05) is 13.2 Å². The first-order valence-electron chi connectivity index (χ1n) is 6.60. The lowest BCUT2D eigenvalue weighted by atomic mass is 9.87. The smallest absolute Gasteiger partial charge is 0.391 e. The molecule has 5 heteroatoms. The van der Waals surface area contributed by atoms with E-state index in [-0.39, 0.29) is 18.9 Å². The maximum Gasteiger partial charge on any atom is 0.391 e. The number of ether oxygens (including phenoxy) is 1. The van der Waals surface area contributed by atoms with Gasteiger partial charge in [0.25, 0.3) is 0 Å². The summed E-state index contributed by atoms with van der Waals surface area (Å²) in [4.78, 5) is 0. The molecule has 2 nitrogen and oxygen atoms in total. The minimum atomic E-state index is -4.10. The fourth-order valence-corrected chi connectivity index (χ4v) is 2.97. The third-order valence-corrected chi connectivity index (χ3v) is 3.99. The van der Waals surface area contributed by atoms with E-state index in [0.717, 1.165) is 23.3 Å². The Morgan fingerprint density at radius 1 is 1.26 bits per heavy atom. The number of hydrogen-bond acceptors (Lipinski definition) is 2. The summed E-state index contributed by atoms with van der Waals surface area (Å²) in [7, 11) is 0. The van der Waals surface area contributed by atoms with Crippen molar-refractivity contribution in [3.8, 4) is 5.75 Å². The van der Waals surface area contributed by atoms with E-state index >= 15 is 0 Å². The Kier molecular flexibility index (Phi) is 3.17. The van der Waals surface area contributed by atoms with E-state index in [1.807, 2.05) is 18.2 Å². The van der Waals surface area contributed by atoms with Gasteiger partial charge in [0.2, 0.25) is 0 Å². The van der Waals surface area contributed by atoms with E-state index in [1.54, 1.807) is 0 Å². The van der Waals surface area contributed by atoms with E-state index in [0.29, 0.717) is 13.2 Å². The van der Waals surface area contributed by atoms with Crippen LogP contribution in [0, 0.1) is 5.92 Å². The van der Waals surface area contributed by atoms with E-state index in [9.17, 15) is 13.2 Å². The molecular weight excluding hydrogens is 255 g/mol. The molecule has 0 amide bonds. The van der Waals surface area contributed by atoms with Gasteiger partial charge >= 0.3 is 6.18 Å². The Bertz CT molecular complexity index is 472. The van der Waals surface area contributed by atoms with Gasteiger partial charge in [-0.1, -0.05) is 18.2 Å². The Morgan fingerprint density at radius 2 is 2.11 bits per heavy atom. The molecule has 2 aliphatic rings. The van der Waals surface area contributed by atoms with E-state index < -0.39 is 12.1 Å². The number of alkyl halides is 3. The molecule has 2 heterocycles. The summed E-state index contributed by atoms with van der Waals surface area (Å²) in [5.74, 6) is -0.418. The highest BCUT2D eigenvalue weighted by molar-refractivity contribution is 5.45. The molecule has 3 rings (SSSR count). The second kappa shape index (κ2) is 4.71. The number of para-hydroxylation sites is 1. The van der Waals surface area contributed by atoms with Gasteiger partial charge in [0.15, 0.2) is 0 Å². The number of piperidine rings is 1. The average molecular weight is 271 g/mol. The number of benzene rings is 1. The number of fused-ring (bicyclic) bond motifs is 1. The average Bonchev–Trinajstić information content (AvgIpc) is 2.86. The summed E-state index contributed by atoms with van der Waals surface area (Å²) in [5, 5.41) is 3.19. The van der Waals surface area contributed by atoms with E-state index in [2.05, 4.69) is 5.32 Å². The van der Waals surface area contributed by atoms with Gasteiger partial charge in [-0.15, -0.1) is 0 Å². The Hall–Kier alpha value is -1.23.